The molecule has 1 fully saturated rings. The van der Waals surface area contributed by atoms with Gasteiger partial charge in [-0.05, 0) is 37.1 Å². The highest BCUT2D eigenvalue weighted by atomic mass is 35.5. The van der Waals surface area contributed by atoms with Gasteiger partial charge in [-0.25, -0.2) is 4.79 Å². The summed E-state index contributed by atoms with van der Waals surface area (Å²) >= 11 is 5.85. The van der Waals surface area contributed by atoms with Gasteiger partial charge in [0.25, 0.3) is 0 Å². The van der Waals surface area contributed by atoms with Gasteiger partial charge in [0, 0.05) is 17.3 Å². The number of hydrogen-bond acceptors (Lipinski definition) is 2. The second kappa shape index (κ2) is 5.38. The van der Waals surface area contributed by atoms with Crippen molar-refractivity contribution in [2.24, 2.45) is 0 Å². The monoisotopic (exact) mass is 254 g/mol. The van der Waals surface area contributed by atoms with Gasteiger partial charge in [0.2, 0.25) is 0 Å². The molecular weight excluding hydrogens is 240 g/mol. The zero-order valence-electron chi connectivity index (χ0n) is 9.63. The number of anilines is 1. The lowest BCUT2D eigenvalue weighted by molar-refractivity contribution is 0.189. The summed E-state index contributed by atoms with van der Waals surface area (Å²) in [5, 5.41) is 6.33. The predicted molar refractivity (Wildman–Crippen MR) is 67.6 cm³/mol. The Labute approximate surface area is 105 Å². The third-order valence-electron chi connectivity index (χ3n) is 2.70. The van der Waals surface area contributed by atoms with Gasteiger partial charge in [-0.3, -0.25) is 0 Å². The van der Waals surface area contributed by atoms with Crippen LogP contribution in [0.1, 0.15) is 12.0 Å². The number of nitrogens with one attached hydrogen (secondary N) is 2. The molecule has 1 heterocycles. The van der Waals surface area contributed by atoms with Crippen LogP contribution in [0.2, 0.25) is 5.02 Å². The minimum Gasteiger partial charge on any atom is -0.379 e. The Bertz CT molecular complexity index is 417. The molecule has 1 atom stereocenters. The van der Waals surface area contributed by atoms with Gasteiger partial charge in [-0.2, -0.15) is 0 Å². The molecule has 1 aliphatic heterocycles. The summed E-state index contributed by atoms with van der Waals surface area (Å²) in [4.78, 5) is 11.7. The lowest BCUT2D eigenvalue weighted by Crippen LogP contribution is -2.38. The smallest absolute Gasteiger partial charge is 0.319 e. The highest BCUT2D eigenvalue weighted by molar-refractivity contribution is 6.30. The molecule has 0 radical (unpaired) electrons. The van der Waals surface area contributed by atoms with Gasteiger partial charge in [0.15, 0.2) is 0 Å². The van der Waals surface area contributed by atoms with Crippen molar-refractivity contribution in [1.82, 2.24) is 5.32 Å². The van der Waals surface area contributed by atoms with Gasteiger partial charge in [0.1, 0.15) is 0 Å². The number of rotatable bonds is 2. The quantitative estimate of drug-likeness (QED) is 0.852. The summed E-state index contributed by atoms with van der Waals surface area (Å²) in [6.07, 6.45) is 0.868. The first-order valence-corrected chi connectivity index (χ1v) is 5.94. The zero-order valence-corrected chi connectivity index (χ0v) is 10.4. The Balaban J connectivity index is 1.93. The Kier molecular flexibility index (Phi) is 3.86. The Morgan fingerprint density at radius 3 is 3.00 bits per heavy atom. The minimum absolute atomic E-state index is 0.114. The zero-order chi connectivity index (χ0) is 12.3. The second-order valence-corrected chi connectivity index (χ2v) is 4.55. The lowest BCUT2D eigenvalue weighted by atomic mass is 10.2. The molecule has 0 aliphatic carbocycles. The van der Waals surface area contributed by atoms with Crippen molar-refractivity contribution in [2.45, 2.75) is 19.4 Å². The van der Waals surface area contributed by atoms with E-state index in [9.17, 15) is 4.79 Å². The molecule has 1 unspecified atom stereocenters. The van der Waals surface area contributed by atoms with E-state index in [-0.39, 0.29) is 12.1 Å². The summed E-state index contributed by atoms with van der Waals surface area (Å²) in [7, 11) is 0. The largest absolute Gasteiger partial charge is 0.379 e. The van der Waals surface area contributed by atoms with Gasteiger partial charge in [0.05, 0.1) is 12.6 Å². The van der Waals surface area contributed by atoms with E-state index in [2.05, 4.69) is 10.6 Å². The maximum absolute atomic E-state index is 11.7. The predicted octanol–water partition coefficient (Wildman–Crippen LogP) is 2.56. The molecule has 2 amide bonds. The first-order chi connectivity index (χ1) is 8.15. The number of carbonyl (C=O) groups excluding carboxylic acids is 1. The van der Waals surface area contributed by atoms with Gasteiger partial charge in [-0.15, -0.1) is 0 Å². The number of aryl methyl sites for hydroxylation is 1. The number of halogens is 1. The van der Waals surface area contributed by atoms with Crippen LogP contribution in [0.3, 0.4) is 0 Å². The number of urea groups is 1. The Morgan fingerprint density at radius 2 is 2.35 bits per heavy atom. The summed E-state index contributed by atoms with van der Waals surface area (Å²) < 4.78 is 5.19. The SMILES string of the molecule is Cc1cc(Cl)ccc1NC(=O)NC1CCOC1. The maximum atomic E-state index is 11.7. The van der Waals surface area contributed by atoms with E-state index in [4.69, 9.17) is 16.3 Å². The Morgan fingerprint density at radius 1 is 1.53 bits per heavy atom. The number of carbonyl (C=O) groups is 1. The highest BCUT2D eigenvalue weighted by Gasteiger charge is 2.17. The Hall–Kier alpha value is -1.26. The summed E-state index contributed by atoms with van der Waals surface area (Å²) in [5.41, 5.74) is 1.71. The van der Waals surface area contributed by atoms with Crippen LogP contribution < -0.4 is 10.6 Å². The molecule has 0 saturated carbocycles. The molecule has 1 aromatic rings. The molecule has 1 saturated heterocycles. The van der Waals surface area contributed by atoms with Crippen molar-refractivity contribution in [1.29, 1.82) is 0 Å². The molecule has 4 nitrogen and oxygen atoms in total. The second-order valence-electron chi connectivity index (χ2n) is 4.12. The molecule has 2 rings (SSSR count). The molecule has 92 valence electrons. The molecule has 2 N–H and O–H groups in total. The summed E-state index contributed by atoms with van der Waals surface area (Å²) in [6, 6.07) is 5.27. The molecule has 17 heavy (non-hydrogen) atoms. The van der Waals surface area contributed by atoms with E-state index >= 15 is 0 Å². The normalized spacial score (nSPS) is 19.1. The minimum atomic E-state index is -0.203. The first-order valence-electron chi connectivity index (χ1n) is 5.56. The molecule has 0 spiro atoms. The van der Waals surface area contributed by atoms with E-state index in [1.54, 1.807) is 12.1 Å². The van der Waals surface area contributed by atoms with Crippen LogP contribution in [0.25, 0.3) is 0 Å². The average Bonchev–Trinajstić information content (AvgIpc) is 2.75. The number of amides is 2. The van der Waals surface area contributed by atoms with Gasteiger partial charge >= 0.3 is 6.03 Å². The summed E-state index contributed by atoms with van der Waals surface area (Å²) in [6.45, 7) is 3.21. The third-order valence-corrected chi connectivity index (χ3v) is 2.94. The fourth-order valence-electron chi connectivity index (χ4n) is 1.76. The van der Waals surface area contributed by atoms with Crippen molar-refractivity contribution in [3.63, 3.8) is 0 Å². The fourth-order valence-corrected chi connectivity index (χ4v) is 1.99. The van der Waals surface area contributed by atoms with Crippen molar-refractivity contribution < 1.29 is 9.53 Å². The van der Waals surface area contributed by atoms with Crippen LogP contribution >= 0.6 is 11.6 Å². The third kappa shape index (κ3) is 3.35. The molecule has 1 aliphatic rings. The molecule has 5 heteroatoms. The highest BCUT2D eigenvalue weighted by Crippen LogP contribution is 2.19. The molecular formula is C12H15ClN2O2. The van der Waals surface area contributed by atoms with Crippen LogP contribution in [0.5, 0.6) is 0 Å². The van der Waals surface area contributed by atoms with E-state index in [0.717, 1.165) is 17.7 Å². The van der Waals surface area contributed by atoms with Crippen molar-refractivity contribution in [3.05, 3.63) is 28.8 Å². The van der Waals surface area contributed by atoms with E-state index in [0.29, 0.717) is 18.2 Å². The number of benzene rings is 1. The van der Waals surface area contributed by atoms with E-state index in [1.807, 2.05) is 13.0 Å². The lowest BCUT2D eigenvalue weighted by Gasteiger charge is -2.13. The summed E-state index contributed by atoms with van der Waals surface area (Å²) in [5.74, 6) is 0. The molecule has 0 bridgehead atoms. The number of hydrogen-bond donors (Lipinski definition) is 2. The topological polar surface area (TPSA) is 50.4 Å². The first kappa shape index (κ1) is 12.2. The molecule has 0 aromatic heterocycles. The van der Waals surface area contributed by atoms with Crippen LogP contribution in [0.15, 0.2) is 18.2 Å². The van der Waals surface area contributed by atoms with E-state index in [1.165, 1.54) is 0 Å². The number of ether oxygens (including phenoxy) is 1. The average molecular weight is 255 g/mol. The van der Waals surface area contributed by atoms with Crippen molar-refractivity contribution in [3.8, 4) is 0 Å². The maximum Gasteiger partial charge on any atom is 0.319 e. The van der Waals surface area contributed by atoms with Crippen LogP contribution in [-0.2, 0) is 4.74 Å². The standard InChI is InChI=1S/C12H15ClN2O2/c1-8-6-9(13)2-3-11(8)15-12(16)14-10-4-5-17-7-10/h2-3,6,10H,4-5,7H2,1H3,(H2,14,15,16). The van der Waals surface area contributed by atoms with Gasteiger partial charge in [-0.1, -0.05) is 11.6 Å². The fraction of sp³-hybridized carbons (Fsp3) is 0.417. The van der Waals surface area contributed by atoms with Crippen molar-refractivity contribution in [2.75, 3.05) is 18.5 Å². The van der Waals surface area contributed by atoms with Crippen LogP contribution in [0, 0.1) is 6.92 Å². The van der Waals surface area contributed by atoms with Crippen LogP contribution in [0.4, 0.5) is 10.5 Å². The van der Waals surface area contributed by atoms with Crippen molar-refractivity contribution >= 4 is 23.3 Å². The van der Waals surface area contributed by atoms with Gasteiger partial charge < -0.3 is 15.4 Å². The van der Waals surface area contributed by atoms with Crippen LogP contribution in [-0.4, -0.2) is 25.3 Å². The molecule has 1 aromatic carbocycles. The van der Waals surface area contributed by atoms with E-state index < -0.39 is 0 Å².